The zero-order valence-corrected chi connectivity index (χ0v) is 25.8. The van der Waals surface area contributed by atoms with Gasteiger partial charge in [0, 0.05) is 5.39 Å². The zero-order valence-electron chi connectivity index (χ0n) is 22.8. The molecule has 0 bridgehead atoms. The molecule has 10 heteroatoms. The van der Waals surface area contributed by atoms with E-state index in [9.17, 15) is 14.4 Å². The Hall–Kier alpha value is -4.03. The Bertz CT molecular complexity index is 1680. The van der Waals surface area contributed by atoms with Crippen LogP contribution < -0.4 is 18.9 Å². The maximum absolute atomic E-state index is 13.1. The molecule has 1 aliphatic rings. The van der Waals surface area contributed by atoms with Crippen molar-refractivity contribution in [2.75, 3.05) is 26.9 Å². The molecule has 0 radical (unpaired) electrons. The van der Waals surface area contributed by atoms with E-state index in [2.05, 4.69) is 22.6 Å². The van der Waals surface area contributed by atoms with Gasteiger partial charge < -0.3 is 18.9 Å². The highest BCUT2D eigenvalue weighted by Gasteiger charge is 2.35. The summed E-state index contributed by atoms with van der Waals surface area (Å²) in [5.41, 5.74) is 0.987. The van der Waals surface area contributed by atoms with Crippen LogP contribution in [0.4, 0.5) is 4.79 Å². The molecule has 0 aliphatic carbocycles. The highest BCUT2D eigenvalue weighted by Crippen LogP contribution is 2.38. The van der Waals surface area contributed by atoms with Crippen LogP contribution in [0.2, 0.25) is 0 Å². The average molecular weight is 696 g/mol. The predicted molar refractivity (Wildman–Crippen MR) is 170 cm³/mol. The number of halogens is 1. The van der Waals surface area contributed by atoms with Gasteiger partial charge in [-0.05, 0) is 101 Å². The normalized spacial score (nSPS) is 14.0. The Morgan fingerprint density at radius 2 is 1.71 bits per heavy atom. The van der Waals surface area contributed by atoms with E-state index in [-0.39, 0.29) is 29.0 Å². The lowest BCUT2D eigenvalue weighted by Crippen LogP contribution is -2.32. The second-order valence-electron chi connectivity index (χ2n) is 9.04. The molecule has 1 saturated heterocycles. The number of esters is 1. The van der Waals surface area contributed by atoms with Gasteiger partial charge in [0.05, 0.1) is 34.3 Å². The number of fused-ring (bicyclic) bond motifs is 1. The summed E-state index contributed by atoms with van der Waals surface area (Å²) >= 11 is 2.92. The summed E-state index contributed by atoms with van der Waals surface area (Å²) < 4.78 is 23.2. The SMILES string of the molecule is CCOc1cc(/C=C2\SC(=O)N(CCOc3cccc4ccccc34)C2=O)cc(I)c1OC(=O)c1ccc(OC)cc1. The van der Waals surface area contributed by atoms with Crippen LogP contribution in [0.15, 0.2) is 83.8 Å². The van der Waals surface area contributed by atoms with Gasteiger partial charge in [-0.3, -0.25) is 14.5 Å². The first-order valence-electron chi connectivity index (χ1n) is 13.1. The maximum atomic E-state index is 13.1. The fraction of sp³-hybridized carbons (Fsp3) is 0.156. The van der Waals surface area contributed by atoms with Gasteiger partial charge in [0.15, 0.2) is 11.5 Å². The number of hydrogen-bond acceptors (Lipinski definition) is 8. The molecule has 8 nitrogen and oxygen atoms in total. The Morgan fingerprint density at radius 3 is 2.48 bits per heavy atom. The Morgan fingerprint density at radius 1 is 0.952 bits per heavy atom. The van der Waals surface area contributed by atoms with E-state index >= 15 is 0 Å². The van der Waals surface area contributed by atoms with Crippen molar-refractivity contribution >= 4 is 68.3 Å². The third-order valence-corrected chi connectivity index (χ3v) is 8.05. The van der Waals surface area contributed by atoms with E-state index in [0.717, 1.165) is 22.5 Å². The quantitative estimate of drug-likeness (QED) is 0.0746. The van der Waals surface area contributed by atoms with E-state index < -0.39 is 11.9 Å². The molecule has 1 aliphatic heterocycles. The van der Waals surface area contributed by atoms with Gasteiger partial charge in [-0.2, -0.15) is 0 Å². The molecule has 4 aromatic rings. The van der Waals surface area contributed by atoms with E-state index in [1.54, 1.807) is 49.6 Å². The molecule has 5 rings (SSSR count). The molecule has 0 aromatic heterocycles. The number of benzene rings is 4. The molecule has 214 valence electrons. The standard InChI is InChI=1S/C32H26INO7S/c1-3-39-27-18-20(17-25(33)29(27)41-31(36)22-11-13-23(38-2)14-12-22)19-28-30(35)34(32(37)42-28)15-16-40-26-10-6-8-21-7-4-5-9-24(21)26/h4-14,17-19H,3,15-16H2,1-2H3/b28-19-. The van der Waals surface area contributed by atoms with Crippen LogP contribution in [0.5, 0.6) is 23.0 Å². The van der Waals surface area contributed by atoms with Gasteiger partial charge in [0.1, 0.15) is 18.1 Å². The summed E-state index contributed by atoms with van der Waals surface area (Å²) in [5, 5.41) is 1.65. The Labute approximate surface area is 260 Å². The van der Waals surface area contributed by atoms with Crippen LogP contribution in [0.25, 0.3) is 16.8 Å². The van der Waals surface area contributed by atoms with Crippen LogP contribution in [0, 0.1) is 3.57 Å². The van der Waals surface area contributed by atoms with Crippen molar-refractivity contribution in [1.82, 2.24) is 4.90 Å². The van der Waals surface area contributed by atoms with Crippen molar-refractivity contribution in [2.45, 2.75) is 6.92 Å². The van der Waals surface area contributed by atoms with Crippen molar-refractivity contribution in [3.05, 3.63) is 98.5 Å². The minimum Gasteiger partial charge on any atom is -0.497 e. The van der Waals surface area contributed by atoms with Crippen molar-refractivity contribution < 1.29 is 33.3 Å². The molecule has 4 aromatic carbocycles. The number of carbonyl (C=O) groups is 3. The van der Waals surface area contributed by atoms with Gasteiger partial charge in [-0.25, -0.2) is 4.79 Å². The summed E-state index contributed by atoms with van der Waals surface area (Å²) in [6, 6.07) is 23.7. The van der Waals surface area contributed by atoms with E-state index in [1.807, 2.05) is 49.4 Å². The second-order valence-corrected chi connectivity index (χ2v) is 11.2. The summed E-state index contributed by atoms with van der Waals surface area (Å²) in [6.45, 7) is 2.44. The molecule has 0 spiro atoms. The first kappa shape index (κ1) is 29.5. The zero-order chi connectivity index (χ0) is 29.6. The lowest BCUT2D eigenvalue weighted by atomic mass is 10.1. The van der Waals surface area contributed by atoms with E-state index in [0.29, 0.717) is 38.6 Å². The fourth-order valence-electron chi connectivity index (χ4n) is 4.32. The van der Waals surface area contributed by atoms with Crippen LogP contribution in [0.1, 0.15) is 22.8 Å². The first-order chi connectivity index (χ1) is 20.4. The smallest absolute Gasteiger partial charge is 0.343 e. The number of hydrogen-bond donors (Lipinski definition) is 0. The monoisotopic (exact) mass is 695 g/mol. The number of nitrogens with zero attached hydrogens (tertiary/aromatic N) is 1. The lowest BCUT2D eigenvalue weighted by Gasteiger charge is -2.15. The van der Waals surface area contributed by atoms with Gasteiger partial charge in [-0.15, -0.1) is 0 Å². The van der Waals surface area contributed by atoms with Crippen molar-refractivity contribution in [2.24, 2.45) is 0 Å². The first-order valence-corrected chi connectivity index (χ1v) is 15.0. The third-order valence-electron chi connectivity index (χ3n) is 6.35. The van der Waals surface area contributed by atoms with E-state index in [4.69, 9.17) is 18.9 Å². The molecule has 0 saturated carbocycles. The molecule has 1 heterocycles. The number of imide groups is 1. The number of thioether (sulfide) groups is 1. The molecule has 2 amide bonds. The Balaban J connectivity index is 1.29. The molecular weight excluding hydrogens is 669 g/mol. The largest absolute Gasteiger partial charge is 0.497 e. The predicted octanol–water partition coefficient (Wildman–Crippen LogP) is 7.19. The van der Waals surface area contributed by atoms with Crippen molar-refractivity contribution in [3.8, 4) is 23.0 Å². The number of ether oxygens (including phenoxy) is 4. The summed E-state index contributed by atoms with van der Waals surface area (Å²) in [6.07, 6.45) is 1.64. The molecule has 42 heavy (non-hydrogen) atoms. The number of amides is 2. The summed E-state index contributed by atoms with van der Waals surface area (Å²) in [7, 11) is 1.55. The number of rotatable bonds is 10. The van der Waals surface area contributed by atoms with Crippen molar-refractivity contribution in [3.63, 3.8) is 0 Å². The summed E-state index contributed by atoms with van der Waals surface area (Å²) in [4.78, 5) is 40.1. The number of carbonyl (C=O) groups excluding carboxylic acids is 3. The molecule has 0 unspecified atom stereocenters. The van der Waals surface area contributed by atoms with E-state index in [1.165, 1.54) is 4.90 Å². The van der Waals surface area contributed by atoms with Gasteiger partial charge in [0.25, 0.3) is 11.1 Å². The number of methoxy groups -OCH3 is 1. The molecule has 0 N–H and O–H groups in total. The topological polar surface area (TPSA) is 91.4 Å². The lowest BCUT2D eigenvalue weighted by molar-refractivity contribution is -0.123. The van der Waals surface area contributed by atoms with Crippen LogP contribution in [-0.2, 0) is 4.79 Å². The Kier molecular flexibility index (Phi) is 9.33. The third kappa shape index (κ3) is 6.55. The van der Waals surface area contributed by atoms with Crippen LogP contribution in [0.3, 0.4) is 0 Å². The second kappa shape index (κ2) is 13.3. The summed E-state index contributed by atoms with van der Waals surface area (Å²) in [5.74, 6) is 1.00. The average Bonchev–Trinajstić information content (AvgIpc) is 3.26. The maximum Gasteiger partial charge on any atom is 0.343 e. The minimum absolute atomic E-state index is 0.118. The van der Waals surface area contributed by atoms with Crippen LogP contribution >= 0.6 is 34.4 Å². The van der Waals surface area contributed by atoms with Crippen molar-refractivity contribution in [1.29, 1.82) is 0 Å². The highest BCUT2D eigenvalue weighted by molar-refractivity contribution is 14.1. The molecular formula is C32H26INO7S. The fourth-order valence-corrected chi connectivity index (χ4v) is 5.93. The molecule has 1 fully saturated rings. The van der Waals surface area contributed by atoms with Gasteiger partial charge in [0.2, 0.25) is 0 Å². The van der Waals surface area contributed by atoms with Gasteiger partial charge in [-0.1, -0.05) is 36.4 Å². The minimum atomic E-state index is -0.545. The highest BCUT2D eigenvalue weighted by atomic mass is 127. The van der Waals surface area contributed by atoms with Crippen LogP contribution in [-0.4, -0.2) is 48.9 Å². The molecule has 0 atom stereocenters. The van der Waals surface area contributed by atoms with Gasteiger partial charge >= 0.3 is 5.97 Å².